The van der Waals surface area contributed by atoms with Crippen molar-refractivity contribution in [3.63, 3.8) is 0 Å². The molecule has 29 heavy (non-hydrogen) atoms. The smallest absolute Gasteiger partial charge is 0.266 e. The molecule has 4 nitrogen and oxygen atoms in total. The summed E-state index contributed by atoms with van der Waals surface area (Å²) in [5.41, 5.74) is 3.15. The average Bonchev–Trinajstić information content (AvgIpc) is 2.96. The van der Waals surface area contributed by atoms with Crippen LogP contribution >= 0.6 is 46.6 Å². The van der Waals surface area contributed by atoms with E-state index in [-0.39, 0.29) is 5.91 Å². The van der Waals surface area contributed by atoms with Crippen molar-refractivity contribution in [1.29, 1.82) is 0 Å². The molecule has 0 atom stereocenters. The molecule has 1 fully saturated rings. The third-order valence-corrected chi connectivity index (χ3v) is 6.42. The normalized spacial score (nSPS) is 15.1. The van der Waals surface area contributed by atoms with Crippen molar-refractivity contribution >= 4 is 62.9 Å². The molecule has 0 saturated carbocycles. The van der Waals surface area contributed by atoms with E-state index in [4.69, 9.17) is 21.7 Å². The fraction of sp³-hybridized carbons (Fsp3) is 0.182. The van der Waals surface area contributed by atoms with Gasteiger partial charge in [-0.25, -0.2) is 0 Å². The Morgan fingerprint density at radius 2 is 2.00 bits per heavy atom. The van der Waals surface area contributed by atoms with Crippen LogP contribution in [0.15, 0.2) is 54.0 Å². The Bertz CT molecular complexity index is 986. The Morgan fingerprint density at radius 1 is 1.28 bits per heavy atom. The summed E-state index contributed by atoms with van der Waals surface area (Å²) < 4.78 is 13.0. The molecular formula is C22H20INO3S2. The quantitative estimate of drug-likeness (QED) is 0.200. The van der Waals surface area contributed by atoms with Crippen LogP contribution in [0.1, 0.15) is 16.7 Å². The molecule has 0 aliphatic carbocycles. The maximum Gasteiger partial charge on any atom is 0.266 e. The maximum atomic E-state index is 12.5. The number of rotatable bonds is 7. The number of carbonyl (C=O) groups excluding carboxylic acids is 1. The Morgan fingerprint density at radius 3 is 2.66 bits per heavy atom. The molecule has 1 amide bonds. The lowest BCUT2D eigenvalue weighted by Crippen LogP contribution is -2.27. The minimum absolute atomic E-state index is 0.103. The Balaban J connectivity index is 1.83. The molecular weight excluding hydrogens is 517 g/mol. The van der Waals surface area contributed by atoms with Crippen molar-refractivity contribution in [1.82, 2.24) is 4.90 Å². The third-order valence-electron chi connectivity index (χ3n) is 4.24. The summed E-state index contributed by atoms with van der Waals surface area (Å²) >= 11 is 8.81. The summed E-state index contributed by atoms with van der Waals surface area (Å²) in [4.78, 5) is 14.7. The molecule has 0 N–H and O–H groups in total. The van der Waals surface area contributed by atoms with Crippen molar-refractivity contribution in [3.8, 4) is 11.5 Å². The summed E-state index contributed by atoms with van der Waals surface area (Å²) in [5.74, 6) is 1.20. The first-order chi connectivity index (χ1) is 13.9. The number of hydrogen-bond donors (Lipinski definition) is 0. The molecule has 1 saturated heterocycles. The van der Waals surface area contributed by atoms with Crippen LogP contribution in [0.4, 0.5) is 0 Å². The SMILES string of the molecule is C=CCN1C(=O)/C(=C\c2cc(I)c(OCc3ccc(C)cc3)c(OC)c2)SC1=S. The van der Waals surface area contributed by atoms with E-state index in [1.54, 1.807) is 18.1 Å². The second-order valence-corrected chi connectivity index (χ2v) is 9.23. The van der Waals surface area contributed by atoms with E-state index >= 15 is 0 Å². The first-order valence-corrected chi connectivity index (χ1v) is 11.2. The van der Waals surface area contributed by atoms with Gasteiger partial charge in [-0.1, -0.05) is 59.9 Å². The number of hydrogen-bond acceptors (Lipinski definition) is 5. The van der Waals surface area contributed by atoms with Crippen LogP contribution in [0.3, 0.4) is 0 Å². The van der Waals surface area contributed by atoms with Gasteiger partial charge in [-0.2, -0.15) is 0 Å². The summed E-state index contributed by atoms with van der Waals surface area (Å²) in [7, 11) is 1.61. The van der Waals surface area contributed by atoms with E-state index in [2.05, 4.69) is 48.2 Å². The highest BCUT2D eigenvalue weighted by atomic mass is 127. The zero-order valence-corrected chi connectivity index (χ0v) is 19.9. The van der Waals surface area contributed by atoms with Gasteiger partial charge in [0.25, 0.3) is 5.91 Å². The van der Waals surface area contributed by atoms with Gasteiger partial charge >= 0.3 is 0 Å². The molecule has 3 rings (SSSR count). The molecule has 1 heterocycles. The summed E-state index contributed by atoms with van der Waals surface area (Å²) in [6.07, 6.45) is 3.50. The van der Waals surface area contributed by atoms with E-state index in [1.165, 1.54) is 17.3 Å². The second kappa shape index (κ2) is 9.77. The van der Waals surface area contributed by atoms with Crippen LogP contribution < -0.4 is 9.47 Å². The van der Waals surface area contributed by atoms with Gasteiger partial charge in [0.2, 0.25) is 0 Å². The minimum atomic E-state index is -0.103. The molecule has 150 valence electrons. The van der Waals surface area contributed by atoms with Crippen LogP contribution in [0.2, 0.25) is 0 Å². The first kappa shape index (κ1) is 21.9. The molecule has 2 aromatic rings. The topological polar surface area (TPSA) is 38.8 Å². The van der Waals surface area contributed by atoms with Gasteiger partial charge in [0.05, 0.1) is 15.6 Å². The summed E-state index contributed by atoms with van der Waals surface area (Å²) in [6.45, 7) is 6.59. The minimum Gasteiger partial charge on any atom is -0.493 e. The molecule has 7 heteroatoms. The maximum absolute atomic E-state index is 12.5. The zero-order valence-electron chi connectivity index (χ0n) is 16.1. The lowest BCUT2D eigenvalue weighted by atomic mass is 10.1. The molecule has 2 aromatic carbocycles. The van der Waals surface area contributed by atoms with Crippen molar-refractivity contribution in [2.75, 3.05) is 13.7 Å². The van der Waals surface area contributed by atoms with E-state index in [1.807, 2.05) is 30.3 Å². The highest BCUT2D eigenvalue weighted by Gasteiger charge is 2.31. The largest absolute Gasteiger partial charge is 0.493 e. The molecule has 0 bridgehead atoms. The molecule has 0 unspecified atom stereocenters. The fourth-order valence-electron chi connectivity index (χ4n) is 2.74. The fourth-order valence-corrected chi connectivity index (χ4v) is 4.80. The first-order valence-electron chi connectivity index (χ1n) is 8.85. The lowest BCUT2D eigenvalue weighted by Gasteiger charge is -2.14. The Labute approximate surface area is 194 Å². The molecule has 1 aliphatic heterocycles. The third kappa shape index (κ3) is 5.21. The number of thiocarbonyl (C=S) groups is 1. The van der Waals surface area contributed by atoms with Gasteiger partial charge in [0.15, 0.2) is 11.5 Å². The van der Waals surface area contributed by atoms with Gasteiger partial charge in [-0.15, -0.1) is 6.58 Å². The molecule has 0 aromatic heterocycles. The van der Waals surface area contributed by atoms with Crippen molar-refractivity contribution in [2.45, 2.75) is 13.5 Å². The van der Waals surface area contributed by atoms with Crippen LogP contribution in [0, 0.1) is 10.5 Å². The molecule has 0 radical (unpaired) electrons. The molecule has 0 spiro atoms. The highest BCUT2D eigenvalue weighted by molar-refractivity contribution is 14.1. The van der Waals surface area contributed by atoms with Gasteiger partial charge in [0, 0.05) is 6.54 Å². The van der Waals surface area contributed by atoms with Gasteiger partial charge in [0.1, 0.15) is 10.9 Å². The van der Waals surface area contributed by atoms with E-state index in [0.29, 0.717) is 33.9 Å². The standard InChI is InChI=1S/C22H20INO3S2/c1-4-9-24-21(25)19(29-22(24)28)12-16-10-17(23)20(18(11-16)26-3)27-13-15-7-5-14(2)6-8-15/h4-8,10-12H,1,9,13H2,2-3H3/b19-12+. The van der Waals surface area contributed by atoms with Crippen LogP contribution in [0.5, 0.6) is 11.5 Å². The Kier molecular flexibility index (Phi) is 7.37. The number of methoxy groups -OCH3 is 1. The molecule has 1 aliphatic rings. The predicted molar refractivity (Wildman–Crippen MR) is 131 cm³/mol. The average molecular weight is 537 g/mol. The number of nitrogens with zero attached hydrogens (tertiary/aromatic N) is 1. The van der Waals surface area contributed by atoms with Crippen LogP contribution in [0.25, 0.3) is 6.08 Å². The lowest BCUT2D eigenvalue weighted by molar-refractivity contribution is -0.121. The van der Waals surface area contributed by atoms with E-state index in [0.717, 1.165) is 14.7 Å². The summed E-state index contributed by atoms with van der Waals surface area (Å²) in [6, 6.07) is 12.1. The number of benzene rings is 2. The summed E-state index contributed by atoms with van der Waals surface area (Å²) in [5, 5.41) is 0. The van der Waals surface area contributed by atoms with Gasteiger partial charge in [-0.05, 0) is 58.9 Å². The number of halogens is 1. The zero-order chi connectivity index (χ0) is 21.0. The number of ether oxygens (including phenoxy) is 2. The number of amides is 1. The number of thioether (sulfide) groups is 1. The van der Waals surface area contributed by atoms with E-state index in [9.17, 15) is 4.79 Å². The monoisotopic (exact) mass is 537 g/mol. The van der Waals surface area contributed by atoms with Crippen molar-refractivity contribution in [3.05, 3.63) is 74.2 Å². The van der Waals surface area contributed by atoms with Crippen molar-refractivity contribution in [2.24, 2.45) is 0 Å². The Hall–Kier alpha value is -1.84. The highest BCUT2D eigenvalue weighted by Crippen LogP contribution is 2.37. The van der Waals surface area contributed by atoms with Gasteiger partial charge in [-0.3, -0.25) is 9.69 Å². The number of aryl methyl sites for hydroxylation is 1. The van der Waals surface area contributed by atoms with Crippen molar-refractivity contribution < 1.29 is 14.3 Å². The second-order valence-electron chi connectivity index (χ2n) is 6.39. The number of carbonyl (C=O) groups is 1. The van der Waals surface area contributed by atoms with E-state index < -0.39 is 0 Å². The van der Waals surface area contributed by atoms with Crippen LogP contribution in [-0.4, -0.2) is 28.8 Å². The van der Waals surface area contributed by atoms with Crippen LogP contribution in [-0.2, 0) is 11.4 Å². The van der Waals surface area contributed by atoms with Gasteiger partial charge < -0.3 is 9.47 Å². The predicted octanol–water partition coefficient (Wildman–Crippen LogP) is 5.57.